The van der Waals surface area contributed by atoms with Gasteiger partial charge in [0.15, 0.2) is 0 Å². The summed E-state index contributed by atoms with van der Waals surface area (Å²) >= 11 is 0. The minimum atomic E-state index is -0.879. The van der Waals surface area contributed by atoms with Crippen LogP contribution in [0.15, 0.2) is 91.0 Å². The molecule has 3 rings (SSSR count). The minimum absolute atomic E-state index is 0.0129. The molecule has 2 unspecified atom stereocenters. The number of aliphatic hydroxyl groups is 2. The van der Waals surface area contributed by atoms with Gasteiger partial charge in [-0.25, -0.2) is 4.79 Å². The number of carboxylic acids is 1. The Kier molecular flexibility index (Phi) is 14.2. The van der Waals surface area contributed by atoms with Crippen LogP contribution >= 0.6 is 9.03 Å². The van der Waals surface area contributed by atoms with E-state index in [0.29, 0.717) is 5.56 Å². The van der Waals surface area contributed by atoms with Crippen LogP contribution in [-0.4, -0.2) is 34.5 Å². The van der Waals surface area contributed by atoms with Gasteiger partial charge in [0.25, 0.3) is 9.03 Å². The lowest BCUT2D eigenvalue weighted by molar-refractivity contribution is 0.0697. The number of carboxylic acid groups (broad SMARTS) is 1. The van der Waals surface area contributed by atoms with Crippen molar-refractivity contribution in [3.05, 3.63) is 96.6 Å². The molecule has 0 aliphatic heterocycles. The van der Waals surface area contributed by atoms with Crippen molar-refractivity contribution in [3.63, 3.8) is 0 Å². The number of hydrogen-bond acceptors (Lipinski definition) is 5. The Labute approximate surface area is 191 Å². The number of carbonyl (C=O) groups is 1. The predicted molar refractivity (Wildman–Crippen MR) is 128 cm³/mol. The first-order valence-electron chi connectivity index (χ1n) is 10.2. The van der Waals surface area contributed by atoms with Crippen molar-refractivity contribution < 1.29 is 29.2 Å². The summed E-state index contributed by atoms with van der Waals surface area (Å²) in [5.74, 6) is 1.22. The monoisotopic (exact) mass is 458 g/mol. The van der Waals surface area contributed by atoms with Gasteiger partial charge in [-0.05, 0) is 48.2 Å². The Hall–Kier alpha value is -2.92. The summed E-state index contributed by atoms with van der Waals surface area (Å²) in [6.07, 6.45) is 0. The van der Waals surface area contributed by atoms with Gasteiger partial charge in [0, 0.05) is 13.2 Å². The highest BCUT2D eigenvalue weighted by Crippen LogP contribution is 2.23. The second-order valence-corrected chi connectivity index (χ2v) is 7.48. The molecule has 7 heteroatoms. The van der Waals surface area contributed by atoms with Crippen molar-refractivity contribution >= 4 is 15.0 Å². The molecule has 0 saturated carbocycles. The number of aromatic carboxylic acids is 1. The third-order valence-electron chi connectivity index (χ3n) is 4.37. The summed E-state index contributed by atoms with van der Waals surface area (Å²) in [5.41, 5.74) is 0.331. The molecule has 0 aliphatic rings. The first-order valence-corrected chi connectivity index (χ1v) is 11.0. The molecular weight excluding hydrogens is 427 g/mol. The Morgan fingerprint density at radius 1 is 0.719 bits per heavy atom. The van der Waals surface area contributed by atoms with Crippen LogP contribution in [0.25, 0.3) is 0 Å². The summed E-state index contributed by atoms with van der Waals surface area (Å²) in [5, 5.41) is 25.4. The molecule has 3 N–H and O–H groups in total. The average molecular weight is 458 g/mol. The number of hydrogen-bond donors (Lipinski definition) is 3. The second kappa shape index (κ2) is 16.7. The first-order chi connectivity index (χ1) is 15.5. The summed E-state index contributed by atoms with van der Waals surface area (Å²) in [6, 6.07) is 27.5. The SMILES string of the molecule is CC(CO)C(C)CO.O=C(O)c1ccccc1.c1ccc(OPOc2ccccc2)cc1. The van der Waals surface area contributed by atoms with Crippen LogP contribution in [0.1, 0.15) is 24.2 Å². The van der Waals surface area contributed by atoms with Gasteiger partial charge in [-0.1, -0.05) is 68.4 Å². The molecule has 0 spiro atoms. The van der Waals surface area contributed by atoms with Gasteiger partial charge in [-0.3, -0.25) is 0 Å². The van der Waals surface area contributed by atoms with Crippen LogP contribution in [-0.2, 0) is 0 Å². The molecule has 0 radical (unpaired) electrons. The molecule has 0 aromatic heterocycles. The number of para-hydroxylation sites is 2. The topological polar surface area (TPSA) is 96.2 Å². The molecule has 2 atom stereocenters. The second-order valence-electron chi connectivity index (χ2n) is 6.90. The maximum Gasteiger partial charge on any atom is 0.335 e. The Morgan fingerprint density at radius 2 is 1.06 bits per heavy atom. The van der Waals surface area contributed by atoms with Crippen LogP contribution in [0.2, 0.25) is 0 Å². The zero-order valence-electron chi connectivity index (χ0n) is 18.3. The van der Waals surface area contributed by atoms with E-state index in [1.807, 2.05) is 74.5 Å². The largest absolute Gasteiger partial charge is 0.478 e. The lowest BCUT2D eigenvalue weighted by Crippen LogP contribution is -2.15. The highest BCUT2D eigenvalue weighted by atomic mass is 31.1. The van der Waals surface area contributed by atoms with Crippen molar-refractivity contribution in [2.75, 3.05) is 13.2 Å². The van der Waals surface area contributed by atoms with Crippen LogP contribution in [0, 0.1) is 11.8 Å². The summed E-state index contributed by atoms with van der Waals surface area (Å²) < 4.78 is 10.8. The fourth-order valence-electron chi connectivity index (χ4n) is 2.03. The summed E-state index contributed by atoms with van der Waals surface area (Å²) in [6.45, 7) is 4.17. The maximum atomic E-state index is 10.2. The van der Waals surface area contributed by atoms with Crippen molar-refractivity contribution in [2.24, 2.45) is 11.8 Å². The highest BCUT2D eigenvalue weighted by molar-refractivity contribution is 7.27. The van der Waals surface area contributed by atoms with Gasteiger partial charge >= 0.3 is 5.97 Å². The van der Waals surface area contributed by atoms with Crippen LogP contribution in [0.4, 0.5) is 0 Å². The standard InChI is InChI=1S/C12H11O2P.C7H6O2.C6H14O2/c1-3-7-11(8-4-1)13-15-14-12-9-5-2-6-10-12;8-7(9)6-4-2-1-3-5-6;1-5(3-7)6(2)4-8/h1-10,15H;1-5H,(H,8,9);5-8H,3-4H2,1-2H3. The fraction of sp³-hybridized carbons (Fsp3) is 0.240. The van der Waals surface area contributed by atoms with Crippen molar-refractivity contribution in [1.82, 2.24) is 0 Å². The van der Waals surface area contributed by atoms with Gasteiger partial charge in [-0.15, -0.1) is 0 Å². The highest BCUT2D eigenvalue weighted by Gasteiger charge is 2.08. The van der Waals surface area contributed by atoms with Gasteiger partial charge in [0.2, 0.25) is 0 Å². The van der Waals surface area contributed by atoms with E-state index in [9.17, 15) is 4.79 Å². The molecule has 0 aliphatic carbocycles. The van der Waals surface area contributed by atoms with Crippen molar-refractivity contribution in [2.45, 2.75) is 13.8 Å². The molecule has 0 fully saturated rings. The quantitative estimate of drug-likeness (QED) is 0.398. The van der Waals surface area contributed by atoms with Crippen molar-refractivity contribution in [3.8, 4) is 11.5 Å². The molecule has 32 heavy (non-hydrogen) atoms. The molecule has 0 bridgehead atoms. The Morgan fingerprint density at radius 3 is 1.34 bits per heavy atom. The zero-order chi connectivity index (χ0) is 23.6. The van der Waals surface area contributed by atoms with Crippen LogP contribution in [0.5, 0.6) is 11.5 Å². The van der Waals surface area contributed by atoms with Crippen LogP contribution < -0.4 is 9.05 Å². The molecular formula is C25H31O6P. The minimum Gasteiger partial charge on any atom is -0.478 e. The number of aliphatic hydroxyl groups excluding tert-OH is 2. The van der Waals surface area contributed by atoms with Gasteiger partial charge in [0.05, 0.1) is 5.56 Å². The number of benzene rings is 3. The van der Waals surface area contributed by atoms with E-state index in [4.69, 9.17) is 24.4 Å². The zero-order valence-corrected chi connectivity index (χ0v) is 19.3. The van der Waals surface area contributed by atoms with E-state index in [1.165, 1.54) is 0 Å². The third-order valence-corrected chi connectivity index (χ3v) is 5.01. The Bertz CT molecular complexity index is 799. The van der Waals surface area contributed by atoms with E-state index in [0.717, 1.165) is 11.5 Å². The smallest absolute Gasteiger partial charge is 0.335 e. The van der Waals surface area contributed by atoms with E-state index in [1.54, 1.807) is 30.3 Å². The van der Waals surface area contributed by atoms with Crippen molar-refractivity contribution in [1.29, 1.82) is 0 Å². The lowest BCUT2D eigenvalue weighted by atomic mass is 9.98. The molecule has 3 aromatic carbocycles. The number of rotatable bonds is 8. The average Bonchev–Trinajstić information content (AvgIpc) is 2.85. The molecule has 3 aromatic rings. The molecule has 6 nitrogen and oxygen atoms in total. The van der Waals surface area contributed by atoms with E-state index < -0.39 is 5.97 Å². The molecule has 0 heterocycles. The van der Waals surface area contributed by atoms with Gasteiger partial charge in [-0.2, -0.15) is 0 Å². The van der Waals surface area contributed by atoms with E-state index in [-0.39, 0.29) is 34.1 Å². The van der Waals surface area contributed by atoms with E-state index >= 15 is 0 Å². The van der Waals surface area contributed by atoms with Crippen LogP contribution in [0.3, 0.4) is 0 Å². The third kappa shape index (κ3) is 12.1. The molecule has 0 saturated heterocycles. The van der Waals surface area contributed by atoms with E-state index in [2.05, 4.69) is 0 Å². The Balaban J connectivity index is 0.000000260. The lowest BCUT2D eigenvalue weighted by Gasteiger charge is -2.13. The first kappa shape index (κ1) is 27.1. The van der Waals surface area contributed by atoms with Gasteiger partial charge in [0.1, 0.15) is 11.5 Å². The fourth-order valence-corrected chi connectivity index (χ4v) is 2.54. The van der Waals surface area contributed by atoms with Gasteiger partial charge < -0.3 is 24.4 Å². The summed E-state index contributed by atoms with van der Waals surface area (Å²) in [7, 11) is -0.0129. The normalized spacial score (nSPS) is 11.5. The summed E-state index contributed by atoms with van der Waals surface area (Å²) in [4.78, 5) is 10.2. The molecule has 0 amide bonds. The maximum absolute atomic E-state index is 10.2. The predicted octanol–water partition coefficient (Wildman–Crippen LogP) is 5.28. The molecule has 172 valence electrons.